The van der Waals surface area contributed by atoms with Gasteiger partial charge in [-0.3, -0.25) is 10.1 Å². The Morgan fingerprint density at radius 3 is 3.12 bits per heavy atom. The fourth-order valence-corrected chi connectivity index (χ4v) is 3.85. The first-order valence-electron chi connectivity index (χ1n) is 8.06. The molecule has 1 saturated carbocycles. The zero-order valence-corrected chi connectivity index (χ0v) is 13.8. The lowest BCUT2D eigenvalue weighted by Gasteiger charge is -2.22. The van der Waals surface area contributed by atoms with Crippen molar-refractivity contribution in [3.63, 3.8) is 0 Å². The number of carbonyl (C=O) groups excluding carboxylic acids is 1. The van der Waals surface area contributed by atoms with Gasteiger partial charge in [0.1, 0.15) is 5.70 Å². The number of aliphatic hydroxyl groups excluding tert-OH is 1. The van der Waals surface area contributed by atoms with E-state index in [0.717, 1.165) is 35.0 Å². The normalized spacial score (nSPS) is 27.6. The number of aliphatic imine (C=N–C) groups is 1. The highest BCUT2D eigenvalue weighted by Crippen LogP contribution is 2.22. The number of hydrogen-bond donors (Lipinski definition) is 3. The summed E-state index contributed by atoms with van der Waals surface area (Å²) in [6.45, 7) is 0. The molecule has 4 rings (SSSR count). The molecule has 124 valence electrons. The van der Waals surface area contributed by atoms with E-state index in [1.807, 2.05) is 29.8 Å². The molecule has 1 aromatic heterocycles. The predicted octanol–water partition coefficient (Wildman–Crippen LogP) is 2.02. The molecular formula is C17H18N4O2S. The van der Waals surface area contributed by atoms with Gasteiger partial charge in [0.2, 0.25) is 5.96 Å². The summed E-state index contributed by atoms with van der Waals surface area (Å²) >= 11 is 1.58. The van der Waals surface area contributed by atoms with Gasteiger partial charge in [0.05, 0.1) is 27.9 Å². The van der Waals surface area contributed by atoms with E-state index in [4.69, 9.17) is 0 Å². The van der Waals surface area contributed by atoms with Gasteiger partial charge in [-0.1, -0.05) is 6.07 Å². The predicted molar refractivity (Wildman–Crippen MR) is 94.6 cm³/mol. The molecule has 2 fully saturated rings. The third-order valence-corrected chi connectivity index (χ3v) is 5.12. The summed E-state index contributed by atoms with van der Waals surface area (Å²) in [5.41, 5.74) is 4.20. The van der Waals surface area contributed by atoms with Crippen molar-refractivity contribution in [1.82, 2.24) is 15.6 Å². The standard InChI is InChI=1S/C17H18N4O2S/c22-12-3-1-2-11(8-12)19-17-20-14(16(23)21-17)6-10-4-5-13-15(7-10)24-9-18-13/h4-7,9,11-12,22H,1-3,8H2,(H2,19,20,21,23)/b14-6-/t11-,12-/m1/s1. The van der Waals surface area contributed by atoms with E-state index in [1.54, 1.807) is 11.3 Å². The summed E-state index contributed by atoms with van der Waals surface area (Å²) in [4.78, 5) is 20.9. The van der Waals surface area contributed by atoms with Crippen LogP contribution in [0.25, 0.3) is 16.3 Å². The van der Waals surface area contributed by atoms with E-state index in [1.165, 1.54) is 0 Å². The Labute approximate surface area is 143 Å². The van der Waals surface area contributed by atoms with Crippen molar-refractivity contribution in [3.05, 3.63) is 35.0 Å². The van der Waals surface area contributed by atoms with Gasteiger partial charge in [-0.15, -0.1) is 11.3 Å². The van der Waals surface area contributed by atoms with E-state index >= 15 is 0 Å². The highest BCUT2D eigenvalue weighted by atomic mass is 32.1. The number of fused-ring (bicyclic) bond motifs is 1. The second-order valence-electron chi connectivity index (χ2n) is 6.17. The summed E-state index contributed by atoms with van der Waals surface area (Å²) in [5.74, 6) is 0.290. The Bertz CT molecular complexity index is 842. The highest BCUT2D eigenvalue weighted by Gasteiger charge is 2.25. The number of carbonyl (C=O) groups is 1. The van der Waals surface area contributed by atoms with Gasteiger partial charge in [0.15, 0.2) is 0 Å². The minimum atomic E-state index is -0.286. The maximum absolute atomic E-state index is 12.1. The molecule has 1 amide bonds. The molecule has 1 aliphatic heterocycles. The maximum atomic E-state index is 12.1. The highest BCUT2D eigenvalue weighted by molar-refractivity contribution is 7.16. The molecule has 24 heavy (non-hydrogen) atoms. The van der Waals surface area contributed by atoms with Crippen LogP contribution in [0.1, 0.15) is 31.2 Å². The summed E-state index contributed by atoms with van der Waals surface area (Å²) in [6.07, 6.45) is 4.93. The van der Waals surface area contributed by atoms with Crippen LogP contribution >= 0.6 is 11.3 Å². The van der Waals surface area contributed by atoms with Crippen LogP contribution in [0.4, 0.5) is 0 Å². The van der Waals surface area contributed by atoms with Crippen molar-refractivity contribution < 1.29 is 9.90 Å². The van der Waals surface area contributed by atoms with Gasteiger partial charge < -0.3 is 10.4 Å². The zero-order valence-electron chi connectivity index (χ0n) is 13.0. The third-order valence-electron chi connectivity index (χ3n) is 4.33. The molecule has 2 aromatic rings. The number of aromatic nitrogens is 1. The van der Waals surface area contributed by atoms with Gasteiger partial charge in [-0.25, -0.2) is 9.98 Å². The quantitative estimate of drug-likeness (QED) is 0.729. The Hall–Kier alpha value is -2.25. The smallest absolute Gasteiger partial charge is 0.274 e. The summed E-state index contributed by atoms with van der Waals surface area (Å²) in [7, 11) is 0. The van der Waals surface area contributed by atoms with Crippen molar-refractivity contribution in [1.29, 1.82) is 0 Å². The molecule has 0 radical (unpaired) electrons. The van der Waals surface area contributed by atoms with Crippen molar-refractivity contribution in [2.75, 3.05) is 0 Å². The SMILES string of the molecule is O=C1NC(=N[C@@H]2CCC[C@@H](O)C2)N/C1=C\c1ccc2ncsc2c1. The van der Waals surface area contributed by atoms with Gasteiger partial charge in [-0.2, -0.15) is 0 Å². The van der Waals surface area contributed by atoms with Crippen LogP contribution in [0.15, 0.2) is 34.4 Å². The molecule has 2 aliphatic rings. The Kier molecular flexibility index (Phi) is 4.03. The lowest BCUT2D eigenvalue weighted by atomic mass is 9.93. The number of aliphatic hydroxyl groups is 1. The lowest BCUT2D eigenvalue weighted by Crippen LogP contribution is -2.30. The Morgan fingerprint density at radius 2 is 2.25 bits per heavy atom. The van der Waals surface area contributed by atoms with E-state index < -0.39 is 0 Å². The topological polar surface area (TPSA) is 86.6 Å². The van der Waals surface area contributed by atoms with Crippen molar-refractivity contribution in [2.24, 2.45) is 4.99 Å². The third kappa shape index (κ3) is 3.18. The van der Waals surface area contributed by atoms with Gasteiger partial charge in [-0.05, 0) is 49.5 Å². The number of hydrogen-bond acceptors (Lipinski definition) is 5. The van der Waals surface area contributed by atoms with Crippen LogP contribution < -0.4 is 10.6 Å². The number of thiazole rings is 1. The maximum Gasteiger partial charge on any atom is 0.274 e. The molecule has 2 heterocycles. The number of guanidine groups is 1. The lowest BCUT2D eigenvalue weighted by molar-refractivity contribution is -0.115. The van der Waals surface area contributed by atoms with Crippen molar-refractivity contribution >= 4 is 39.5 Å². The van der Waals surface area contributed by atoms with Gasteiger partial charge in [0, 0.05) is 0 Å². The first-order valence-corrected chi connectivity index (χ1v) is 8.94. The molecule has 6 nitrogen and oxygen atoms in total. The van der Waals surface area contributed by atoms with E-state index in [-0.39, 0.29) is 18.1 Å². The van der Waals surface area contributed by atoms with Crippen LogP contribution in [-0.4, -0.2) is 34.1 Å². The van der Waals surface area contributed by atoms with E-state index in [9.17, 15) is 9.90 Å². The van der Waals surface area contributed by atoms with Crippen LogP contribution in [0.3, 0.4) is 0 Å². The molecule has 0 bridgehead atoms. The first kappa shape index (κ1) is 15.3. The molecule has 3 N–H and O–H groups in total. The van der Waals surface area contributed by atoms with Crippen LogP contribution in [-0.2, 0) is 4.79 Å². The molecule has 1 aromatic carbocycles. The fourth-order valence-electron chi connectivity index (χ4n) is 3.12. The van der Waals surface area contributed by atoms with Crippen molar-refractivity contribution in [2.45, 2.75) is 37.8 Å². The Balaban J connectivity index is 1.52. The fraction of sp³-hybridized carbons (Fsp3) is 0.353. The summed E-state index contributed by atoms with van der Waals surface area (Å²) in [6, 6.07) is 5.96. The molecule has 2 atom stereocenters. The van der Waals surface area contributed by atoms with Crippen LogP contribution in [0.5, 0.6) is 0 Å². The van der Waals surface area contributed by atoms with Crippen LogP contribution in [0, 0.1) is 0 Å². The molecule has 0 unspecified atom stereocenters. The van der Waals surface area contributed by atoms with Gasteiger partial charge in [0.25, 0.3) is 5.91 Å². The van der Waals surface area contributed by atoms with Gasteiger partial charge >= 0.3 is 0 Å². The number of rotatable bonds is 2. The molecular weight excluding hydrogens is 324 g/mol. The number of nitrogens with zero attached hydrogens (tertiary/aromatic N) is 2. The summed E-state index contributed by atoms with van der Waals surface area (Å²) < 4.78 is 1.09. The van der Waals surface area contributed by atoms with E-state index in [0.29, 0.717) is 18.1 Å². The molecule has 1 aliphatic carbocycles. The largest absolute Gasteiger partial charge is 0.393 e. The zero-order chi connectivity index (χ0) is 16.5. The second kappa shape index (κ2) is 6.33. The average Bonchev–Trinajstić information content (AvgIpc) is 3.14. The first-order chi connectivity index (χ1) is 11.7. The van der Waals surface area contributed by atoms with Crippen LogP contribution in [0.2, 0.25) is 0 Å². The Morgan fingerprint density at radius 1 is 1.33 bits per heavy atom. The number of amides is 1. The number of nitrogens with one attached hydrogen (secondary N) is 2. The molecule has 1 saturated heterocycles. The average molecular weight is 342 g/mol. The molecule has 0 spiro atoms. The minimum Gasteiger partial charge on any atom is -0.393 e. The van der Waals surface area contributed by atoms with Crippen molar-refractivity contribution in [3.8, 4) is 0 Å². The van der Waals surface area contributed by atoms with E-state index in [2.05, 4.69) is 20.6 Å². The number of benzene rings is 1. The summed E-state index contributed by atoms with van der Waals surface area (Å²) in [5, 5.41) is 15.5. The second-order valence-corrected chi connectivity index (χ2v) is 7.05. The monoisotopic (exact) mass is 342 g/mol. The molecule has 7 heteroatoms. The minimum absolute atomic E-state index is 0.0597.